The van der Waals surface area contributed by atoms with E-state index in [0.29, 0.717) is 24.5 Å². The van der Waals surface area contributed by atoms with Crippen molar-refractivity contribution in [3.8, 4) is 0 Å². The van der Waals surface area contributed by atoms with Gasteiger partial charge in [0.25, 0.3) is 0 Å². The van der Waals surface area contributed by atoms with Gasteiger partial charge in [-0.1, -0.05) is 12.5 Å². The number of aryl methyl sites for hydroxylation is 2. The van der Waals surface area contributed by atoms with Crippen LogP contribution in [0.4, 0.5) is 11.4 Å². The van der Waals surface area contributed by atoms with Gasteiger partial charge < -0.3 is 5.73 Å². The summed E-state index contributed by atoms with van der Waals surface area (Å²) in [6.45, 7) is 4.97. The third-order valence-electron chi connectivity index (χ3n) is 3.51. The predicted molar refractivity (Wildman–Crippen MR) is 78.3 cm³/mol. The maximum atomic E-state index is 12.3. The van der Waals surface area contributed by atoms with Gasteiger partial charge in [-0.3, -0.25) is 4.72 Å². The highest BCUT2D eigenvalue weighted by Gasteiger charge is 2.24. The minimum Gasteiger partial charge on any atom is -0.398 e. The van der Waals surface area contributed by atoms with Gasteiger partial charge >= 0.3 is 10.2 Å². The molecule has 2 rings (SSSR count). The molecule has 0 aromatic heterocycles. The first-order chi connectivity index (χ1) is 8.90. The molecule has 1 fully saturated rings. The van der Waals surface area contributed by atoms with Crippen molar-refractivity contribution in [1.29, 1.82) is 0 Å². The second-order valence-corrected chi connectivity index (χ2v) is 6.76. The molecule has 0 amide bonds. The van der Waals surface area contributed by atoms with Crippen LogP contribution < -0.4 is 10.5 Å². The number of rotatable bonds is 3. The van der Waals surface area contributed by atoms with Crippen molar-refractivity contribution in [2.45, 2.75) is 33.1 Å². The Labute approximate surface area is 115 Å². The minimum absolute atomic E-state index is 0.564. The van der Waals surface area contributed by atoms with Crippen molar-refractivity contribution < 1.29 is 8.42 Å². The van der Waals surface area contributed by atoms with E-state index < -0.39 is 10.2 Å². The molecule has 1 saturated heterocycles. The van der Waals surface area contributed by atoms with Crippen LogP contribution in [0.2, 0.25) is 0 Å². The van der Waals surface area contributed by atoms with E-state index in [1.807, 2.05) is 19.9 Å². The van der Waals surface area contributed by atoms with Gasteiger partial charge in [0.2, 0.25) is 0 Å². The van der Waals surface area contributed by atoms with E-state index in [4.69, 9.17) is 5.73 Å². The molecule has 5 nitrogen and oxygen atoms in total. The number of hydrogen-bond acceptors (Lipinski definition) is 3. The van der Waals surface area contributed by atoms with Crippen molar-refractivity contribution in [2.24, 2.45) is 0 Å². The first kappa shape index (κ1) is 14.1. The molecular formula is C13H21N3O2S. The lowest BCUT2D eigenvalue weighted by Crippen LogP contribution is -2.39. The lowest BCUT2D eigenvalue weighted by molar-refractivity contribution is 0.349. The van der Waals surface area contributed by atoms with Crippen LogP contribution in [0.3, 0.4) is 0 Å². The molecule has 0 saturated carbocycles. The van der Waals surface area contributed by atoms with Crippen LogP contribution in [0.1, 0.15) is 30.4 Å². The maximum absolute atomic E-state index is 12.3. The number of piperidine rings is 1. The van der Waals surface area contributed by atoms with Crippen LogP contribution >= 0.6 is 0 Å². The van der Waals surface area contributed by atoms with E-state index in [0.717, 1.165) is 30.4 Å². The molecule has 0 bridgehead atoms. The zero-order valence-electron chi connectivity index (χ0n) is 11.4. The molecule has 3 N–H and O–H groups in total. The molecule has 1 aliphatic rings. The number of nitrogens with one attached hydrogen (secondary N) is 1. The topological polar surface area (TPSA) is 75.4 Å². The average Bonchev–Trinajstić information content (AvgIpc) is 2.37. The smallest absolute Gasteiger partial charge is 0.301 e. The summed E-state index contributed by atoms with van der Waals surface area (Å²) in [5.74, 6) is 0. The molecule has 19 heavy (non-hydrogen) atoms. The molecule has 0 atom stereocenters. The summed E-state index contributed by atoms with van der Waals surface area (Å²) in [6, 6.07) is 3.58. The molecule has 0 radical (unpaired) electrons. The number of hydrogen-bond donors (Lipinski definition) is 2. The van der Waals surface area contributed by atoms with Gasteiger partial charge in [0.15, 0.2) is 0 Å². The third kappa shape index (κ3) is 3.19. The number of nitrogens with two attached hydrogens (primary N) is 1. The molecule has 0 aliphatic carbocycles. The van der Waals surface area contributed by atoms with Crippen molar-refractivity contribution >= 4 is 21.6 Å². The molecule has 1 aromatic rings. The second kappa shape index (κ2) is 5.38. The van der Waals surface area contributed by atoms with Crippen molar-refractivity contribution in [1.82, 2.24) is 4.31 Å². The van der Waals surface area contributed by atoms with E-state index in [1.165, 1.54) is 4.31 Å². The summed E-state index contributed by atoms with van der Waals surface area (Å²) in [6.07, 6.45) is 2.95. The molecule has 0 unspecified atom stereocenters. The largest absolute Gasteiger partial charge is 0.398 e. The highest BCUT2D eigenvalue weighted by atomic mass is 32.2. The third-order valence-corrected chi connectivity index (χ3v) is 5.03. The highest BCUT2D eigenvalue weighted by Crippen LogP contribution is 2.24. The standard InChI is InChI=1S/C13H21N3O2S/c1-10-8-11(2)13(9-12(10)14)15-19(17,18)16-6-4-3-5-7-16/h8-9,15H,3-7,14H2,1-2H3. The van der Waals surface area contributed by atoms with E-state index in [2.05, 4.69) is 4.72 Å². The van der Waals surface area contributed by atoms with E-state index >= 15 is 0 Å². The summed E-state index contributed by atoms with van der Waals surface area (Å²) in [4.78, 5) is 0. The number of nitrogens with zero attached hydrogens (tertiary/aromatic N) is 1. The lowest BCUT2D eigenvalue weighted by Gasteiger charge is -2.26. The van der Waals surface area contributed by atoms with E-state index in [-0.39, 0.29) is 0 Å². The van der Waals surface area contributed by atoms with Crippen LogP contribution in [0.15, 0.2) is 12.1 Å². The monoisotopic (exact) mass is 283 g/mol. The fourth-order valence-electron chi connectivity index (χ4n) is 2.29. The van der Waals surface area contributed by atoms with Crippen LogP contribution in [0, 0.1) is 13.8 Å². The Morgan fingerprint density at radius 2 is 1.74 bits per heavy atom. The Hall–Kier alpha value is -1.27. The Kier molecular flexibility index (Phi) is 4.01. The Bertz CT molecular complexity index is 563. The second-order valence-electron chi connectivity index (χ2n) is 5.09. The minimum atomic E-state index is -3.46. The molecular weight excluding hydrogens is 262 g/mol. The first-order valence-corrected chi connectivity index (χ1v) is 7.99. The number of anilines is 2. The average molecular weight is 283 g/mol. The Balaban J connectivity index is 2.22. The van der Waals surface area contributed by atoms with Crippen LogP contribution in [-0.2, 0) is 10.2 Å². The van der Waals surface area contributed by atoms with Crippen molar-refractivity contribution in [3.63, 3.8) is 0 Å². The van der Waals surface area contributed by atoms with Crippen molar-refractivity contribution in [3.05, 3.63) is 23.3 Å². The normalized spacial score (nSPS) is 17.4. The van der Waals surface area contributed by atoms with Gasteiger partial charge in [0.1, 0.15) is 0 Å². The highest BCUT2D eigenvalue weighted by molar-refractivity contribution is 7.90. The molecule has 6 heteroatoms. The van der Waals surface area contributed by atoms with Gasteiger partial charge in [-0.05, 0) is 43.9 Å². The first-order valence-electron chi connectivity index (χ1n) is 6.55. The Morgan fingerprint density at radius 3 is 2.37 bits per heavy atom. The predicted octanol–water partition coefficient (Wildman–Crippen LogP) is 2.03. The fourth-order valence-corrected chi connectivity index (χ4v) is 3.65. The fraction of sp³-hybridized carbons (Fsp3) is 0.538. The van der Waals surface area contributed by atoms with E-state index in [9.17, 15) is 8.42 Å². The zero-order valence-corrected chi connectivity index (χ0v) is 12.3. The van der Waals surface area contributed by atoms with Crippen LogP contribution in [-0.4, -0.2) is 25.8 Å². The quantitative estimate of drug-likeness (QED) is 0.833. The van der Waals surface area contributed by atoms with E-state index in [1.54, 1.807) is 6.07 Å². The number of benzene rings is 1. The summed E-state index contributed by atoms with van der Waals surface area (Å²) in [5, 5.41) is 0. The molecule has 1 aliphatic heterocycles. The summed E-state index contributed by atoms with van der Waals surface area (Å²) in [5.41, 5.74) is 8.84. The molecule has 1 aromatic carbocycles. The lowest BCUT2D eigenvalue weighted by atomic mass is 10.1. The maximum Gasteiger partial charge on any atom is 0.301 e. The van der Waals surface area contributed by atoms with Gasteiger partial charge in [0.05, 0.1) is 5.69 Å². The van der Waals surface area contributed by atoms with Crippen molar-refractivity contribution in [2.75, 3.05) is 23.5 Å². The van der Waals surface area contributed by atoms with Gasteiger partial charge in [-0.2, -0.15) is 12.7 Å². The van der Waals surface area contributed by atoms with Crippen LogP contribution in [0.5, 0.6) is 0 Å². The number of nitrogen functional groups attached to an aromatic ring is 1. The molecule has 106 valence electrons. The molecule has 1 heterocycles. The summed E-state index contributed by atoms with van der Waals surface area (Å²) in [7, 11) is -3.46. The summed E-state index contributed by atoms with van der Waals surface area (Å²) < 4.78 is 28.7. The SMILES string of the molecule is Cc1cc(C)c(NS(=O)(=O)N2CCCCC2)cc1N. The zero-order chi connectivity index (χ0) is 14.0. The molecule has 0 spiro atoms. The summed E-state index contributed by atoms with van der Waals surface area (Å²) >= 11 is 0. The van der Waals surface area contributed by atoms with Gasteiger partial charge in [-0.25, -0.2) is 0 Å². The van der Waals surface area contributed by atoms with Gasteiger partial charge in [-0.15, -0.1) is 0 Å². The van der Waals surface area contributed by atoms with Gasteiger partial charge in [0, 0.05) is 18.8 Å². The van der Waals surface area contributed by atoms with Crippen LogP contribution in [0.25, 0.3) is 0 Å². The Morgan fingerprint density at radius 1 is 1.11 bits per heavy atom.